The van der Waals surface area contributed by atoms with Crippen molar-refractivity contribution < 1.29 is 89.2 Å². The number of benzene rings is 4. The highest BCUT2D eigenvalue weighted by Crippen LogP contribution is 2.37. The number of nitrogen functional groups attached to an aromatic ring is 1. The number of fused-ring (bicyclic) bond motifs is 1. The van der Waals surface area contributed by atoms with Crippen LogP contribution in [0.4, 0.5) is 24.8 Å². The van der Waals surface area contributed by atoms with Crippen LogP contribution in [0, 0.1) is 12.3 Å². The Labute approximate surface area is 601 Å². The summed E-state index contributed by atoms with van der Waals surface area (Å²) in [5.74, 6) is -2.77. The van der Waals surface area contributed by atoms with Crippen molar-refractivity contribution in [2.45, 2.75) is 96.9 Å². The minimum Gasteiger partial charge on any atom is -0.379 e. The molecule has 0 radical (unpaired) electrons. The molecule has 25 nitrogen and oxygen atoms in total. The van der Waals surface area contributed by atoms with Gasteiger partial charge in [0.25, 0.3) is 11.5 Å². The number of carbonyl (C=O) groups excluding carboxylic acids is 4. The van der Waals surface area contributed by atoms with Crippen LogP contribution < -0.4 is 26.8 Å². The molecule has 0 saturated carbocycles. The van der Waals surface area contributed by atoms with Gasteiger partial charge in [-0.2, -0.15) is 18.2 Å². The van der Waals surface area contributed by atoms with Crippen LogP contribution in [-0.4, -0.2) is 221 Å². The third-order valence-electron chi connectivity index (χ3n) is 16.1. The van der Waals surface area contributed by atoms with Crippen molar-refractivity contribution in [2.24, 2.45) is 5.41 Å². The van der Waals surface area contributed by atoms with E-state index < -0.39 is 47.1 Å². The lowest BCUT2D eigenvalue weighted by Gasteiger charge is -2.37. The number of halogens is 3. The maximum atomic E-state index is 13.8. The Kier molecular flexibility index (Phi) is 39.1. The van der Waals surface area contributed by atoms with E-state index in [-0.39, 0.29) is 58.5 Å². The number of carbonyl (C=O) groups is 4. The van der Waals surface area contributed by atoms with Crippen molar-refractivity contribution in [2.75, 3.05) is 176 Å². The van der Waals surface area contributed by atoms with Gasteiger partial charge in [-0.05, 0) is 79.1 Å². The van der Waals surface area contributed by atoms with Crippen molar-refractivity contribution in [3.05, 3.63) is 159 Å². The van der Waals surface area contributed by atoms with E-state index >= 15 is 0 Å². The highest BCUT2D eigenvalue weighted by atomic mass is 19.4. The van der Waals surface area contributed by atoms with Crippen LogP contribution in [-0.2, 0) is 83.3 Å². The Morgan fingerprint density at radius 1 is 0.515 bits per heavy atom. The summed E-state index contributed by atoms with van der Waals surface area (Å²) >= 11 is 0. The van der Waals surface area contributed by atoms with Crippen LogP contribution >= 0.6 is 0 Å². The van der Waals surface area contributed by atoms with E-state index in [4.69, 9.17) is 62.6 Å². The van der Waals surface area contributed by atoms with E-state index in [1.165, 1.54) is 29.8 Å². The third kappa shape index (κ3) is 32.2. The average molecular weight is 1450 g/mol. The molecule has 28 heteroatoms. The Balaban J connectivity index is 0.637. The predicted molar refractivity (Wildman–Crippen MR) is 381 cm³/mol. The summed E-state index contributed by atoms with van der Waals surface area (Å²) < 4.78 is 108. The summed E-state index contributed by atoms with van der Waals surface area (Å²) in [6.45, 7) is 17.8. The molecule has 2 aromatic heterocycles. The number of anilines is 2. The van der Waals surface area contributed by atoms with Gasteiger partial charge < -0.3 is 67.9 Å². The zero-order valence-electron chi connectivity index (χ0n) is 59.8. The first kappa shape index (κ1) is 84.4. The van der Waals surface area contributed by atoms with Crippen LogP contribution in [0.25, 0.3) is 11.2 Å². The van der Waals surface area contributed by atoms with E-state index in [2.05, 4.69) is 110 Å². The normalized spacial score (nSPS) is 12.3. The van der Waals surface area contributed by atoms with Gasteiger partial charge in [0.05, 0.1) is 176 Å². The van der Waals surface area contributed by atoms with Crippen molar-refractivity contribution in [1.82, 2.24) is 30.6 Å². The molecule has 0 saturated heterocycles. The maximum absolute atomic E-state index is 13.8. The molecular weight excluding hydrogens is 1340 g/mol. The number of ether oxygens (including phenoxy) is 12. The predicted octanol–water partition coefficient (Wildman–Crippen LogP) is 8.49. The quantitative estimate of drug-likeness (QED) is 0.0205. The Bertz CT molecular complexity index is 3390. The molecule has 6 rings (SSSR count). The largest absolute Gasteiger partial charge is 0.471 e. The second-order valence-corrected chi connectivity index (χ2v) is 25.0. The molecule has 0 unspecified atom stereocenters. The number of amides is 2. The number of aromatic amines is 1. The summed E-state index contributed by atoms with van der Waals surface area (Å²) in [6.07, 6.45) is -1.30. The smallest absolute Gasteiger partial charge is 0.379 e. The van der Waals surface area contributed by atoms with Gasteiger partial charge in [-0.25, -0.2) is 9.97 Å². The monoisotopic (exact) mass is 1440 g/mol. The van der Waals surface area contributed by atoms with Crippen LogP contribution in [0.5, 0.6) is 0 Å². The molecule has 1 atom stereocenters. The Hall–Kier alpha value is -7.55. The Morgan fingerprint density at radius 2 is 0.932 bits per heavy atom. The van der Waals surface area contributed by atoms with E-state index in [1.807, 2.05) is 32.9 Å². The number of hydrogen-bond acceptors (Lipinski definition) is 22. The number of nitrogens with one attached hydrogen (secondary N) is 3. The molecule has 0 aliphatic carbocycles. The number of hydrogen-bond donors (Lipinski definition) is 4. The van der Waals surface area contributed by atoms with Gasteiger partial charge >= 0.3 is 12.1 Å². The first-order valence-corrected chi connectivity index (χ1v) is 35.1. The second kappa shape index (κ2) is 47.7. The highest BCUT2D eigenvalue weighted by molar-refractivity contribution is 5.99. The lowest BCUT2D eigenvalue weighted by atomic mass is 9.76. The molecule has 0 aliphatic rings. The molecule has 566 valence electrons. The summed E-state index contributed by atoms with van der Waals surface area (Å²) in [5.41, 5.74) is 7.77. The highest BCUT2D eigenvalue weighted by Gasteiger charge is 2.43. The number of nitrogens with two attached hydrogens (primary N) is 1. The molecule has 6 aromatic rings. The van der Waals surface area contributed by atoms with Crippen molar-refractivity contribution in [1.29, 1.82) is 0 Å². The fourth-order valence-corrected chi connectivity index (χ4v) is 10.6. The van der Waals surface area contributed by atoms with Gasteiger partial charge in [0.2, 0.25) is 5.95 Å². The Morgan fingerprint density at radius 3 is 1.38 bits per heavy atom. The van der Waals surface area contributed by atoms with Gasteiger partial charge in [-0.15, -0.1) is 0 Å². The first-order valence-electron chi connectivity index (χ1n) is 35.1. The number of rotatable bonds is 56. The molecule has 0 spiro atoms. The molecule has 0 bridgehead atoms. The summed E-state index contributed by atoms with van der Waals surface area (Å²) in [5, 5.41) is 6.81. The molecule has 0 fully saturated rings. The lowest BCUT2D eigenvalue weighted by Crippen LogP contribution is -2.45. The van der Waals surface area contributed by atoms with Crippen molar-refractivity contribution in [3.63, 3.8) is 0 Å². The summed E-state index contributed by atoms with van der Waals surface area (Å²) in [7, 11) is 0. The van der Waals surface area contributed by atoms with Gasteiger partial charge in [0, 0.05) is 49.6 Å². The zero-order valence-corrected chi connectivity index (χ0v) is 59.8. The number of aromatic nitrogens is 4. The second-order valence-electron chi connectivity index (χ2n) is 25.0. The molecule has 0 aliphatic heterocycles. The standard InChI is InChI=1S/C75H103F3N8O17/c1-57-19-23-61(24-20-57)74(59-13-7-5-8-14-59,60-15-9-6-10-16-60)81-30-11-17-65(88)29-32-93-34-36-95-38-40-97-42-44-99-46-48-101-50-52-103-54-53-102-51-49-100-47-45-98-43-41-96-39-37-94-35-33-92-31-12-18-64(87)27-28-66(73(2,3)4)83-69(89)58-21-25-63(26-22-58)86(71(91)75(76,77)78)56-62-55-80-68-67(82-62)70(90)85-72(79)84-68/h5-10,13-16,19-26,55,66,81H,11-12,17-18,27-54,56H2,1-4H3,(H,83,89)(H3,79,80,84,85,90)/t66-/m0/s1. The molecule has 2 amide bonds. The van der Waals surface area contributed by atoms with Gasteiger partial charge in [-0.1, -0.05) is 111 Å². The van der Waals surface area contributed by atoms with Gasteiger partial charge in [0.15, 0.2) is 11.2 Å². The van der Waals surface area contributed by atoms with Crippen LogP contribution in [0.1, 0.15) is 104 Å². The number of H-pyrrole nitrogens is 1. The molecule has 103 heavy (non-hydrogen) atoms. The van der Waals surface area contributed by atoms with Crippen molar-refractivity contribution >= 4 is 46.2 Å². The minimum absolute atomic E-state index is 0.00226. The molecular formula is C75H103F3N8O17. The van der Waals surface area contributed by atoms with E-state index in [0.29, 0.717) is 202 Å². The number of ketones is 2. The summed E-state index contributed by atoms with van der Waals surface area (Å²) in [4.78, 5) is 78.4. The first-order chi connectivity index (χ1) is 49.8. The fourth-order valence-electron chi connectivity index (χ4n) is 10.6. The number of alkyl halides is 3. The fraction of sp³-hybridized carbons (Fsp3) is 0.547. The van der Waals surface area contributed by atoms with Crippen LogP contribution in [0.2, 0.25) is 0 Å². The average Bonchev–Trinajstić information content (AvgIpc) is 0.749. The number of aryl methyl sites for hydroxylation is 1. The zero-order chi connectivity index (χ0) is 73.8. The van der Waals surface area contributed by atoms with E-state index in [1.54, 1.807) is 0 Å². The lowest BCUT2D eigenvalue weighted by molar-refractivity contribution is -0.170. The maximum Gasteiger partial charge on any atom is 0.471 e. The van der Waals surface area contributed by atoms with Gasteiger partial charge in [-0.3, -0.25) is 39.2 Å². The van der Waals surface area contributed by atoms with Crippen LogP contribution in [0.3, 0.4) is 0 Å². The van der Waals surface area contributed by atoms with E-state index in [0.717, 1.165) is 22.9 Å². The van der Waals surface area contributed by atoms with Crippen LogP contribution in [0.15, 0.2) is 120 Å². The third-order valence-corrected chi connectivity index (χ3v) is 16.1. The van der Waals surface area contributed by atoms with Gasteiger partial charge in [0.1, 0.15) is 11.6 Å². The number of Topliss-reactive ketones (excluding diaryl/α,β-unsaturated/α-hetero) is 2. The molecule has 5 N–H and O–H groups in total. The summed E-state index contributed by atoms with van der Waals surface area (Å²) in [6, 6.07) is 34.1. The molecule has 2 heterocycles. The minimum atomic E-state index is -5.26. The number of nitrogens with zero attached hydrogens (tertiary/aromatic N) is 4. The topological polar surface area (TPSA) is 304 Å². The molecule has 4 aromatic carbocycles. The SMILES string of the molecule is Cc1ccc(C(NCCCC(=O)CCOCCOCCOCCOCCOCCOCCOCCOCCOCCOCCOCCOCCCC(=O)CC[C@H](NC(=O)c2ccc(N(Cc3cnc4nc(N)[nH]c(=O)c4n3)C(=O)C(F)(F)F)cc2)C(C)(C)C)(c2ccccc2)c2ccccc2)cc1. The van der Waals surface area contributed by atoms with Crippen molar-refractivity contribution in [3.8, 4) is 0 Å². The van der Waals surface area contributed by atoms with E-state index in [9.17, 15) is 37.1 Å².